The van der Waals surface area contributed by atoms with Gasteiger partial charge in [-0.3, -0.25) is 0 Å². The van der Waals surface area contributed by atoms with Crippen LogP contribution in [0.5, 0.6) is 0 Å². The predicted octanol–water partition coefficient (Wildman–Crippen LogP) is 2.05. The molecule has 1 aromatic heterocycles. The van der Waals surface area contributed by atoms with Crippen molar-refractivity contribution in [1.82, 2.24) is 15.5 Å². The first-order valence-electron chi connectivity index (χ1n) is 4.68. The van der Waals surface area contributed by atoms with Gasteiger partial charge in [-0.25, -0.2) is 8.78 Å². The van der Waals surface area contributed by atoms with E-state index in [4.69, 9.17) is 0 Å². The van der Waals surface area contributed by atoms with Crippen molar-refractivity contribution in [3.63, 3.8) is 0 Å². The third-order valence-corrected chi connectivity index (χ3v) is 2.86. The Morgan fingerprint density at radius 3 is 2.62 bits per heavy atom. The second-order valence-electron chi connectivity index (χ2n) is 3.03. The summed E-state index contributed by atoms with van der Waals surface area (Å²) in [7, 11) is 0. The molecular weight excluding hydrogens is 246 g/mol. The molecule has 0 atom stereocenters. The summed E-state index contributed by atoms with van der Waals surface area (Å²) in [5.41, 5.74) is 0. The van der Waals surface area contributed by atoms with Gasteiger partial charge in [-0.1, -0.05) is 18.3 Å². The summed E-state index contributed by atoms with van der Waals surface area (Å²) in [6.45, 7) is 3.21. The van der Waals surface area contributed by atoms with Crippen LogP contribution in [0.15, 0.2) is 0 Å². The van der Waals surface area contributed by atoms with Gasteiger partial charge in [0.15, 0.2) is 5.01 Å². The van der Waals surface area contributed by atoms with Crippen LogP contribution in [0.2, 0.25) is 0 Å². The molecule has 8 heteroatoms. The first-order chi connectivity index (χ1) is 7.48. The topological polar surface area (TPSA) is 37.8 Å². The fourth-order valence-corrected chi connectivity index (χ4v) is 1.77. The van der Waals surface area contributed by atoms with Gasteiger partial charge in [-0.2, -0.15) is 8.78 Å². The predicted molar refractivity (Wildman–Crippen MR) is 52.1 cm³/mol. The maximum atomic E-state index is 12.8. The molecular formula is C8H11F4N3S. The van der Waals surface area contributed by atoms with Crippen LogP contribution in [0.1, 0.15) is 16.9 Å². The fourth-order valence-electron chi connectivity index (χ4n) is 0.955. The van der Waals surface area contributed by atoms with Gasteiger partial charge < -0.3 is 5.32 Å². The summed E-state index contributed by atoms with van der Waals surface area (Å²) in [6, 6.07) is 0. The van der Waals surface area contributed by atoms with E-state index >= 15 is 0 Å². The summed E-state index contributed by atoms with van der Waals surface area (Å²) in [4.78, 5) is 0. The number of rotatable bonds is 6. The summed E-state index contributed by atoms with van der Waals surface area (Å²) in [5.74, 6) is -4.20. The SMILES string of the molecule is CCNCCc1nnc(C(F)(F)C(F)F)s1. The van der Waals surface area contributed by atoms with E-state index in [1.165, 1.54) is 0 Å². The molecule has 0 aliphatic carbocycles. The van der Waals surface area contributed by atoms with Crippen LogP contribution in [-0.2, 0) is 12.3 Å². The molecule has 16 heavy (non-hydrogen) atoms. The van der Waals surface area contributed by atoms with Crippen molar-refractivity contribution in [3.8, 4) is 0 Å². The van der Waals surface area contributed by atoms with Gasteiger partial charge in [0.1, 0.15) is 5.01 Å². The van der Waals surface area contributed by atoms with E-state index < -0.39 is 17.4 Å². The third-order valence-electron chi connectivity index (χ3n) is 1.79. The van der Waals surface area contributed by atoms with Gasteiger partial charge in [-0.15, -0.1) is 10.2 Å². The van der Waals surface area contributed by atoms with Gasteiger partial charge in [-0.05, 0) is 6.54 Å². The van der Waals surface area contributed by atoms with Crippen molar-refractivity contribution in [1.29, 1.82) is 0 Å². The highest BCUT2D eigenvalue weighted by Crippen LogP contribution is 2.36. The molecule has 0 saturated carbocycles. The maximum Gasteiger partial charge on any atom is 0.359 e. The number of alkyl halides is 4. The molecule has 0 bridgehead atoms. The third kappa shape index (κ3) is 3.11. The lowest BCUT2D eigenvalue weighted by Crippen LogP contribution is -2.23. The van der Waals surface area contributed by atoms with Gasteiger partial charge in [0.2, 0.25) is 0 Å². The van der Waals surface area contributed by atoms with E-state index in [0.29, 0.717) is 29.3 Å². The number of halogens is 4. The number of aromatic nitrogens is 2. The van der Waals surface area contributed by atoms with Crippen molar-refractivity contribution >= 4 is 11.3 Å². The molecule has 0 amide bonds. The number of nitrogens with zero attached hydrogens (tertiary/aromatic N) is 2. The molecule has 0 radical (unpaired) electrons. The number of hydrogen-bond donors (Lipinski definition) is 1. The van der Waals surface area contributed by atoms with Crippen molar-refractivity contribution in [2.75, 3.05) is 13.1 Å². The van der Waals surface area contributed by atoms with Crippen LogP contribution < -0.4 is 5.32 Å². The summed E-state index contributed by atoms with van der Waals surface area (Å²) in [5, 5.41) is 8.93. The zero-order chi connectivity index (χ0) is 12.2. The van der Waals surface area contributed by atoms with Crippen LogP contribution in [0, 0.1) is 0 Å². The van der Waals surface area contributed by atoms with E-state index in [1.807, 2.05) is 6.92 Å². The van der Waals surface area contributed by atoms with Crippen LogP contribution in [0.25, 0.3) is 0 Å². The van der Waals surface area contributed by atoms with E-state index in [1.54, 1.807) is 0 Å². The quantitative estimate of drug-likeness (QED) is 0.626. The monoisotopic (exact) mass is 257 g/mol. The zero-order valence-corrected chi connectivity index (χ0v) is 9.33. The molecule has 1 rings (SSSR count). The lowest BCUT2D eigenvalue weighted by atomic mass is 10.4. The molecule has 0 fully saturated rings. The Morgan fingerprint density at radius 2 is 2.06 bits per heavy atom. The molecule has 0 saturated heterocycles. The summed E-state index contributed by atoms with van der Waals surface area (Å²) < 4.78 is 49.6. The summed E-state index contributed by atoms with van der Waals surface area (Å²) >= 11 is 0.526. The van der Waals surface area contributed by atoms with Crippen molar-refractivity contribution in [2.45, 2.75) is 25.7 Å². The molecule has 1 aromatic rings. The minimum absolute atomic E-state index is 0.330. The van der Waals surface area contributed by atoms with Gasteiger partial charge in [0.05, 0.1) is 0 Å². The molecule has 92 valence electrons. The van der Waals surface area contributed by atoms with Crippen molar-refractivity contribution in [2.24, 2.45) is 0 Å². The molecule has 1 heterocycles. The normalized spacial score (nSPS) is 12.4. The van der Waals surface area contributed by atoms with Gasteiger partial charge in [0.25, 0.3) is 0 Å². The molecule has 1 N–H and O–H groups in total. The van der Waals surface area contributed by atoms with Gasteiger partial charge >= 0.3 is 12.3 Å². The van der Waals surface area contributed by atoms with Crippen LogP contribution in [-0.4, -0.2) is 29.7 Å². The average molecular weight is 257 g/mol. The Bertz CT molecular complexity index is 329. The van der Waals surface area contributed by atoms with Gasteiger partial charge in [0, 0.05) is 13.0 Å². The maximum absolute atomic E-state index is 12.8. The van der Waals surface area contributed by atoms with E-state index in [0.717, 1.165) is 6.54 Å². The molecule has 3 nitrogen and oxygen atoms in total. The number of likely N-dealkylation sites (N-methyl/N-ethyl adjacent to an activating group) is 1. The Labute approximate surface area is 93.9 Å². The molecule has 0 unspecified atom stereocenters. The number of hydrogen-bond acceptors (Lipinski definition) is 4. The lowest BCUT2D eigenvalue weighted by molar-refractivity contribution is -0.135. The zero-order valence-electron chi connectivity index (χ0n) is 8.51. The minimum Gasteiger partial charge on any atom is -0.317 e. The lowest BCUT2D eigenvalue weighted by Gasteiger charge is -2.10. The summed E-state index contributed by atoms with van der Waals surface area (Å²) in [6.07, 6.45) is -3.34. The van der Waals surface area contributed by atoms with Crippen LogP contribution in [0.4, 0.5) is 17.6 Å². The second kappa shape index (κ2) is 5.53. The first kappa shape index (κ1) is 13.3. The molecule has 0 aromatic carbocycles. The Hall–Kier alpha value is -0.760. The van der Waals surface area contributed by atoms with Crippen molar-refractivity contribution in [3.05, 3.63) is 10.0 Å². The second-order valence-corrected chi connectivity index (χ2v) is 4.09. The van der Waals surface area contributed by atoms with E-state index in [9.17, 15) is 17.6 Å². The highest BCUT2D eigenvalue weighted by molar-refractivity contribution is 7.11. The molecule has 0 aliphatic rings. The van der Waals surface area contributed by atoms with E-state index in [2.05, 4.69) is 15.5 Å². The van der Waals surface area contributed by atoms with Crippen LogP contribution >= 0.6 is 11.3 Å². The Kier molecular flexibility index (Phi) is 4.60. The average Bonchev–Trinajstić information content (AvgIpc) is 2.67. The fraction of sp³-hybridized carbons (Fsp3) is 0.750. The Balaban J connectivity index is 2.64. The van der Waals surface area contributed by atoms with Crippen LogP contribution in [0.3, 0.4) is 0 Å². The largest absolute Gasteiger partial charge is 0.359 e. The standard InChI is InChI=1S/C8H11F4N3S/c1-2-13-4-3-5-14-15-7(16-5)8(11,12)6(9)10/h6,13H,2-4H2,1H3. The smallest absolute Gasteiger partial charge is 0.317 e. The minimum atomic E-state index is -4.20. The number of nitrogens with one attached hydrogen (secondary N) is 1. The first-order valence-corrected chi connectivity index (χ1v) is 5.49. The highest BCUT2D eigenvalue weighted by Gasteiger charge is 2.46. The molecule has 0 spiro atoms. The van der Waals surface area contributed by atoms with E-state index in [-0.39, 0.29) is 0 Å². The highest BCUT2D eigenvalue weighted by atomic mass is 32.1. The van der Waals surface area contributed by atoms with Crippen molar-refractivity contribution < 1.29 is 17.6 Å². The molecule has 0 aliphatic heterocycles. The Morgan fingerprint density at radius 1 is 1.38 bits per heavy atom.